The van der Waals surface area contributed by atoms with Crippen molar-refractivity contribution in [2.75, 3.05) is 6.54 Å². The van der Waals surface area contributed by atoms with Crippen LogP contribution in [0.25, 0.3) is 0 Å². The largest absolute Gasteiger partial charge is 0.309 e. The Morgan fingerprint density at radius 2 is 1.70 bits per heavy atom. The molecule has 1 nitrogen and oxygen atoms in total. The van der Waals surface area contributed by atoms with E-state index < -0.39 is 0 Å². The van der Waals surface area contributed by atoms with E-state index in [0.717, 1.165) is 13.0 Å². The molecule has 0 spiro atoms. The van der Waals surface area contributed by atoms with Crippen molar-refractivity contribution >= 4 is 0 Å². The molecule has 1 rings (SSSR count). The van der Waals surface area contributed by atoms with Crippen molar-refractivity contribution in [2.24, 2.45) is 5.41 Å². The first-order valence-corrected chi connectivity index (χ1v) is 8.28. The van der Waals surface area contributed by atoms with Crippen LogP contribution in [0.2, 0.25) is 0 Å². The van der Waals surface area contributed by atoms with E-state index in [1.54, 1.807) is 0 Å². The summed E-state index contributed by atoms with van der Waals surface area (Å²) in [5.41, 5.74) is 3.15. The van der Waals surface area contributed by atoms with Crippen LogP contribution in [0, 0.1) is 12.3 Å². The fourth-order valence-corrected chi connectivity index (χ4v) is 2.64. The molecule has 0 amide bonds. The van der Waals surface area contributed by atoms with Crippen LogP contribution in [0.3, 0.4) is 0 Å². The second kappa shape index (κ2) is 8.46. The molecule has 1 atom stereocenters. The molecule has 20 heavy (non-hydrogen) atoms. The predicted octanol–water partition coefficient (Wildman–Crippen LogP) is 5.64. The Morgan fingerprint density at radius 1 is 1.05 bits per heavy atom. The first-order chi connectivity index (χ1) is 9.48. The lowest BCUT2D eigenvalue weighted by atomic mass is 9.86. The maximum atomic E-state index is 3.77. The topological polar surface area (TPSA) is 12.0 Å². The van der Waals surface area contributed by atoms with Crippen LogP contribution in [0.15, 0.2) is 24.3 Å². The standard InChI is InChI=1S/C19H33N/c1-6-8-9-14-19(4,5)15-20-18(7-2)17-12-10-16(3)11-13-17/h10-13,18,20H,6-9,14-15H2,1-5H3. The molecule has 0 aromatic heterocycles. The van der Waals surface area contributed by atoms with Crippen molar-refractivity contribution in [2.45, 2.75) is 72.8 Å². The molecule has 0 bridgehead atoms. The highest BCUT2D eigenvalue weighted by molar-refractivity contribution is 5.24. The van der Waals surface area contributed by atoms with Crippen molar-refractivity contribution in [1.82, 2.24) is 5.32 Å². The third-order valence-electron chi connectivity index (χ3n) is 4.17. The molecular formula is C19H33N. The summed E-state index contributed by atoms with van der Waals surface area (Å²) >= 11 is 0. The lowest BCUT2D eigenvalue weighted by Gasteiger charge is -2.28. The van der Waals surface area contributed by atoms with E-state index in [2.05, 4.69) is 64.2 Å². The van der Waals surface area contributed by atoms with Gasteiger partial charge in [-0.1, -0.05) is 76.8 Å². The Morgan fingerprint density at radius 3 is 2.25 bits per heavy atom. The van der Waals surface area contributed by atoms with E-state index in [-0.39, 0.29) is 0 Å². The molecular weight excluding hydrogens is 242 g/mol. The van der Waals surface area contributed by atoms with Crippen molar-refractivity contribution in [1.29, 1.82) is 0 Å². The van der Waals surface area contributed by atoms with Gasteiger partial charge in [0.1, 0.15) is 0 Å². The van der Waals surface area contributed by atoms with Gasteiger partial charge >= 0.3 is 0 Å². The van der Waals surface area contributed by atoms with E-state index in [4.69, 9.17) is 0 Å². The molecule has 0 aliphatic rings. The van der Waals surface area contributed by atoms with Gasteiger partial charge in [0.15, 0.2) is 0 Å². The maximum absolute atomic E-state index is 3.77. The van der Waals surface area contributed by atoms with E-state index in [0.29, 0.717) is 11.5 Å². The van der Waals surface area contributed by atoms with Crippen LogP contribution in [0.1, 0.15) is 77.0 Å². The van der Waals surface area contributed by atoms with E-state index in [9.17, 15) is 0 Å². The summed E-state index contributed by atoms with van der Waals surface area (Å²) in [6, 6.07) is 9.44. The molecule has 0 heterocycles. The lowest BCUT2D eigenvalue weighted by Crippen LogP contribution is -2.32. The number of aryl methyl sites for hydroxylation is 1. The summed E-state index contributed by atoms with van der Waals surface area (Å²) in [7, 11) is 0. The molecule has 114 valence electrons. The van der Waals surface area contributed by atoms with Gasteiger partial charge in [-0.25, -0.2) is 0 Å². The number of unbranched alkanes of at least 4 members (excludes halogenated alkanes) is 2. The quantitative estimate of drug-likeness (QED) is 0.575. The fourth-order valence-electron chi connectivity index (χ4n) is 2.64. The number of hydrogen-bond donors (Lipinski definition) is 1. The molecule has 0 radical (unpaired) electrons. The molecule has 0 fully saturated rings. The monoisotopic (exact) mass is 275 g/mol. The van der Waals surface area contributed by atoms with Gasteiger partial charge in [0.05, 0.1) is 0 Å². The first kappa shape index (κ1) is 17.2. The van der Waals surface area contributed by atoms with Gasteiger partial charge in [-0.2, -0.15) is 0 Å². The Balaban J connectivity index is 2.50. The number of hydrogen-bond acceptors (Lipinski definition) is 1. The van der Waals surface area contributed by atoms with Crippen molar-refractivity contribution in [3.05, 3.63) is 35.4 Å². The molecule has 0 aliphatic heterocycles. The molecule has 1 aromatic rings. The minimum Gasteiger partial charge on any atom is -0.309 e. The van der Waals surface area contributed by atoms with Gasteiger partial charge < -0.3 is 5.32 Å². The van der Waals surface area contributed by atoms with Gasteiger partial charge in [-0.05, 0) is 30.7 Å². The van der Waals surface area contributed by atoms with Gasteiger partial charge in [0, 0.05) is 12.6 Å². The van der Waals surface area contributed by atoms with Gasteiger partial charge in [-0.15, -0.1) is 0 Å². The van der Waals surface area contributed by atoms with Crippen LogP contribution < -0.4 is 5.32 Å². The van der Waals surface area contributed by atoms with Crippen LogP contribution in [0.4, 0.5) is 0 Å². The zero-order valence-electron chi connectivity index (χ0n) is 14.1. The average Bonchev–Trinajstić information content (AvgIpc) is 2.41. The minimum atomic E-state index is 0.396. The molecule has 0 aliphatic carbocycles. The summed E-state index contributed by atoms with van der Waals surface area (Å²) in [4.78, 5) is 0. The van der Waals surface area contributed by atoms with Gasteiger partial charge in [0.25, 0.3) is 0 Å². The van der Waals surface area contributed by atoms with Crippen LogP contribution in [0.5, 0.6) is 0 Å². The summed E-state index contributed by atoms with van der Waals surface area (Å²) < 4.78 is 0. The first-order valence-electron chi connectivity index (χ1n) is 8.28. The fraction of sp³-hybridized carbons (Fsp3) is 0.684. The number of nitrogens with one attached hydrogen (secondary N) is 1. The summed E-state index contributed by atoms with van der Waals surface area (Å²) in [6.45, 7) is 12.6. The minimum absolute atomic E-state index is 0.396. The Bertz CT molecular complexity index is 364. The van der Waals surface area contributed by atoms with Crippen molar-refractivity contribution in [3.8, 4) is 0 Å². The summed E-state index contributed by atoms with van der Waals surface area (Å²) in [5.74, 6) is 0. The molecule has 1 unspecified atom stereocenters. The molecule has 0 saturated heterocycles. The highest BCUT2D eigenvalue weighted by Crippen LogP contribution is 2.25. The molecule has 1 aromatic carbocycles. The summed E-state index contributed by atoms with van der Waals surface area (Å²) in [5, 5.41) is 3.77. The highest BCUT2D eigenvalue weighted by Gasteiger charge is 2.19. The maximum Gasteiger partial charge on any atom is 0.0317 e. The van der Waals surface area contributed by atoms with Crippen molar-refractivity contribution in [3.63, 3.8) is 0 Å². The van der Waals surface area contributed by atoms with E-state index >= 15 is 0 Å². The normalized spacial score (nSPS) is 13.4. The highest BCUT2D eigenvalue weighted by atomic mass is 14.9. The van der Waals surface area contributed by atoms with Crippen LogP contribution >= 0.6 is 0 Å². The smallest absolute Gasteiger partial charge is 0.0317 e. The average molecular weight is 275 g/mol. The summed E-state index contributed by atoms with van der Waals surface area (Å²) in [6.07, 6.45) is 6.49. The third-order valence-corrected chi connectivity index (χ3v) is 4.17. The SMILES string of the molecule is CCCCCC(C)(C)CNC(CC)c1ccc(C)cc1. The number of benzene rings is 1. The zero-order valence-corrected chi connectivity index (χ0v) is 14.1. The Kier molecular flexibility index (Phi) is 7.29. The third kappa shape index (κ3) is 6.09. The van der Waals surface area contributed by atoms with Gasteiger partial charge in [0.2, 0.25) is 0 Å². The Hall–Kier alpha value is -0.820. The van der Waals surface area contributed by atoms with E-state index in [1.807, 2.05) is 0 Å². The number of rotatable bonds is 9. The predicted molar refractivity (Wildman–Crippen MR) is 90.1 cm³/mol. The molecule has 1 heteroatoms. The van der Waals surface area contributed by atoms with Crippen LogP contribution in [-0.2, 0) is 0 Å². The second-order valence-electron chi connectivity index (χ2n) is 6.87. The van der Waals surface area contributed by atoms with Crippen molar-refractivity contribution < 1.29 is 0 Å². The van der Waals surface area contributed by atoms with Crippen LogP contribution in [-0.4, -0.2) is 6.54 Å². The Labute approximate surface area is 126 Å². The molecule has 0 saturated carbocycles. The van der Waals surface area contributed by atoms with E-state index in [1.165, 1.54) is 36.8 Å². The molecule has 1 N–H and O–H groups in total. The lowest BCUT2D eigenvalue weighted by molar-refractivity contribution is 0.285. The zero-order chi connectivity index (χ0) is 15.0. The second-order valence-corrected chi connectivity index (χ2v) is 6.87. The van der Waals surface area contributed by atoms with Gasteiger partial charge in [-0.3, -0.25) is 0 Å².